The first-order chi connectivity index (χ1) is 16.0. The Labute approximate surface area is 195 Å². The van der Waals surface area contributed by atoms with E-state index in [1.165, 1.54) is 0 Å². The molecule has 0 atom stereocenters. The number of carbonyl (C=O) groups excluding carboxylic acids is 1. The molecule has 4 rings (SSSR count). The number of rotatable bonds is 8. The van der Waals surface area contributed by atoms with Gasteiger partial charge in [-0.25, -0.2) is 8.42 Å². The molecule has 3 aromatic rings. The molecule has 1 N–H and O–H groups in total. The number of amides is 1. The lowest BCUT2D eigenvalue weighted by Crippen LogP contribution is -2.35. The maximum Gasteiger partial charge on any atom is 0.251 e. The van der Waals surface area contributed by atoms with Crippen LogP contribution < -0.4 is 10.1 Å². The van der Waals surface area contributed by atoms with Crippen molar-refractivity contribution in [3.8, 4) is 5.75 Å². The molecule has 172 valence electrons. The van der Waals surface area contributed by atoms with Crippen molar-refractivity contribution >= 4 is 15.9 Å². The Balaban J connectivity index is 1.42. The van der Waals surface area contributed by atoms with E-state index in [1.807, 2.05) is 54.6 Å². The van der Waals surface area contributed by atoms with E-state index in [9.17, 15) is 13.2 Å². The third kappa shape index (κ3) is 5.80. The Kier molecular flexibility index (Phi) is 7.42. The van der Waals surface area contributed by atoms with Crippen LogP contribution in [0.1, 0.15) is 40.7 Å². The highest BCUT2D eigenvalue weighted by Gasteiger charge is 2.26. The molecule has 1 saturated heterocycles. The molecule has 0 saturated carbocycles. The normalized spacial score (nSPS) is 14.5. The first kappa shape index (κ1) is 23.0. The summed E-state index contributed by atoms with van der Waals surface area (Å²) in [6, 6.07) is 23.6. The smallest absolute Gasteiger partial charge is 0.251 e. The molecular formula is C26H28N2O4S. The molecule has 0 spiro atoms. The van der Waals surface area contributed by atoms with Gasteiger partial charge < -0.3 is 10.1 Å². The van der Waals surface area contributed by atoms with Gasteiger partial charge in [0.1, 0.15) is 12.4 Å². The number of nitrogens with one attached hydrogen (secondary N) is 1. The van der Waals surface area contributed by atoms with Gasteiger partial charge in [0, 0.05) is 30.8 Å². The van der Waals surface area contributed by atoms with Crippen LogP contribution in [0.25, 0.3) is 0 Å². The second-order valence-corrected chi connectivity index (χ2v) is 9.99. The average molecular weight is 465 g/mol. The fourth-order valence-electron chi connectivity index (χ4n) is 3.89. The Hall–Kier alpha value is -3.16. The van der Waals surface area contributed by atoms with Gasteiger partial charge in [-0.3, -0.25) is 4.79 Å². The van der Waals surface area contributed by atoms with Gasteiger partial charge in [0.2, 0.25) is 10.0 Å². The van der Waals surface area contributed by atoms with Gasteiger partial charge in [-0.05, 0) is 48.7 Å². The number of nitrogens with zero attached hydrogens (tertiary/aromatic N) is 1. The highest BCUT2D eigenvalue weighted by molar-refractivity contribution is 7.89. The zero-order chi connectivity index (χ0) is 23.1. The van der Waals surface area contributed by atoms with Gasteiger partial charge in [0.15, 0.2) is 0 Å². The first-order valence-electron chi connectivity index (χ1n) is 11.2. The monoisotopic (exact) mass is 464 g/mol. The molecule has 1 amide bonds. The van der Waals surface area contributed by atoms with Crippen LogP contribution in [0.4, 0.5) is 0 Å². The quantitative estimate of drug-likeness (QED) is 0.537. The largest absolute Gasteiger partial charge is 0.489 e. The summed E-state index contributed by atoms with van der Waals surface area (Å²) in [6.07, 6.45) is 2.85. The van der Waals surface area contributed by atoms with Gasteiger partial charge in [-0.2, -0.15) is 4.31 Å². The van der Waals surface area contributed by atoms with Crippen LogP contribution >= 0.6 is 0 Å². The van der Waals surface area contributed by atoms with E-state index in [0.717, 1.165) is 36.1 Å². The SMILES string of the molecule is O=C(NCc1cccc(S(=O)(=O)N2CCCCC2)c1)c1ccccc1COc1ccccc1. The Bertz CT molecular complexity index is 1190. The number of carbonyl (C=O) groups is 1. The fourth-order valence-corrected chi connectivity index (χ4v) is 5.48. The van der Waals surface area contributed by atoms with Crippen LogP contribution in [-0.2, 0) is 23.2 Å². The summed E-state index contributed by atoms with van der Waals surface area (Å²) >= 11 is 0. The van der Waals surface area contributed by atoms with Crippen LogP contribution in [-0.4, -0.2) is 31.7 Å². The van der Waals surface area contributed by atoms with Crippen molar-refractivity contribution in [2.75, 3.05) is 13.1 Å². The molecule has 0 aromatic heterocycles. The van der Waals surface area contributed by atoms with Crippen LogP contribution in [0.15, 0.2) is 83.8 Å². The number of para-hydroxylation sites is 1. The summed E-state index contributed by atoms with van der Waals surface area (Å²) in [7, 11) is -3.51. The van der Waals surface area contributed by atoms with Crippen molar-refractivity contribution in [3.05, 3.63) is 95.6 Å². The van der Waals surface area contributed by atoms with E-state index in [1.54, 1.807) is 28.6 Å². The van der Waals surface area contributed by atoms with Crippen LogP contribution in [0.2, 0.25) is 0 Å². The summed E-state index contributed by atoms with van der Waals surface area (Å²) in [5.74, 6) is 0.506. The third-order valence-corrected chi connectivity index (χ3v) is 7.60. The Morgan fingerprint density at radius 3 is 2.39 bits per heavy atom. The molecular weight excluding hydrogens is 436 g/mol. The standard InChI is InChI=1S/C26H28N2O4S/c29-26(25-15-6-5-11-22(25)20-32-23-12-3-1-4-13-23)27-19-21-10-9-14-24(18-21)33(30,31)28-16-7-2-8-17-28/h1,3-6,9-15,18H,2,7-8,16-17,19-20H2,(H,27,29). The zero-order valence-electron chi connectivity index (χ0n) is 18.4. The molecule has 6 nitrogen and oxygen atoms in total. The second kappa shape index (κ2) is 10.6. The molecule has 1 heterocycles. The Morgan fingerprint density at radius 1 is 0.879 bits per heavy atom. The van der Waals surface area contributed by atoms with E-state index in [2.05, 4.69) is 5.32 Å². The zero-order valence-corrected chi connectivity index (χ0v) is 19.3. The molecule has 7 heteroatoms. The van der Waals surface area contributed by atoms with Gasteiger partial charge in [-0.1, -0.05) is 55.0 Å². The minimum Gasteiger partial charge on any atom is -0.489 e. The van der Waals surface area contributed by atoms with Crippen molar-refractivity contribution in [3.63, 3.8) is 0 Å². The predicted molar refractivity (Wildman–Crippen MR) is 127 cm³/mol. The molecule has 1 fully saturated rings. The van der Waals surface area contributed by atoms with Crippen molar-refractivity contribution in [2.24, 2.45) is 0 Å². The van der Waals surface area contributed by atoms with Crippen molar-refractivity contribution in [2.45, 2.75) is 37.3 Å². The Morgan fingerprint density at radius 2 is 1.61 bits per heavy atom. The molecule has 1 aliphatic rings. The number of sulfonamides is 1. The van der Waals surface area contributed by atoms with E-state index >= 15 is 0 Å². The summed E-state index contributed by atoms with van der Waals surface area (Å²) < 4.78 is 33.3. The van der Waals surface area contributed by atoms with Gasteiger partial charge in [0.25, 0.3) is 5.91 Å². The lowest BCUT2D eigenvalue weighted by atomic mass is 10.1. The predicted octanol–water partition coefficient (Wildman–Crippen LogP) is 4.37. The summed E-state index contributed by atoms with van der Waals surface area (Å²) in [4.78, 5) is 13.2. The third-order valence-electron chi connectivity index (χ3n) is 5.70. The van der Waals surface area contributed by atoms with Crippen LogP contribution in [0.5, 0.6) is 5.75 Å². The summed E-state index contributed by atoms with van der Waals surface area (Å²) in [5.41, 5.74) is 2.05. The number of ether oxygens (including phenoxy) is 1. The van der Waals surface area contributed by atoms with Gasteiger partial charge >= 0.3 is 0 Å². The van der Waals surface area contributed by atoms with Crippen molar-refractivity contribution in [1.29, 1.82) is 0 Å². The summed E-state index contributed by atoms with van der Waals surface area (Å²) in [6.45, 7) is 1.63. The average Bonchev–Trinajstić information content (AvgIpc) is 2.87. The number of piperidine rings is 1. The lowest BCUT2D eigenvalue weighted by Gasteiger charge is -2.26. The number of hydrogen-bond donors (Lipinski definition) is 1. The van der Waals surface area contributed by atoms with E-state index in [-0.39, 0.29) is 24.0 Å². The van der Waals surface area contributed by atoms with Gasteiger partial charge in [0.05, 0.1) is 4.90 Å². The molecule has 0 radical (unpaired) electrons. The maximum absolute atomic E-state index is 13.0. The lowest BCUT2D eigenvalue weighted by molar-refractivity contribution is 0.0948. The topological polar surface area (TPSA) is 75.7 Å². The van der Waals surface area contributed by atoms with Crippen molar-refractivity contribution < 1.29 is 17.9 Å². The van der Waals surface area contributed by atoms with Crippen LogP contribution in [0.3, 0.4) is 0 Å². The van der Waals surface area contributed by atoms with Crippen molar-refractivity contribution in [1.82, 2.24) is 9.62 Å². The van der Waals surface area contributed by atoms with Crippen LogP contribution in [0, 0.1) is 0 Å². The summed E-state index contributed by atoms with van der Waals surface area (Å²) in [5, 5.41) is 2.91. The molecule has 0 aliphatic carbocycles. The molecule has 1 aliphatic heterocycles. The minimum absolute atomic E-state index is 0.230. The van der Waals surface area contributed by atoms with E-state index < -0.39 is 10.0 Å². The first-order valence-corrected chi connectivity index (χ1v) is 12.6. The highest BCUT2D eigenvalue weighted by Crippen LogP contribution is 2.21. The second-order valence-electron chi connectivity index (χ2n) is 8.05. The number of hydrogen-bond acceptors (Lipinski definition) is 4. The minimum atomic E-state index is -3.51. The highest BCUT2D eigenvalue weighted by atomic mass is 32.2. The fraction of sp³-hybridized carbons (Fsp3) is 0.269. The van der Waals surface area contributed by atoms with Gasteiger partial charge in [-0.15, -0.1) is 0 Å². The van der Waals surface area contributed by atoms with E-state index in [4.69, 9.17) is 4.74 Å². The maximum atomic E-state index is 13.0. The molecule has 3 aromatic carbocycles. The molecule has 0 bridgehead atoms. The van der Waals surface area contributed by atoms with E-state index in [0.29, 0.717) is 18.7 Å². The number of benzene rings is 3. The molecule has 33 heavy (non-hydrogen) atoms. The molecule has 0 unspecified atom stereocenters.